The predicted octanol–water partition coefficient (Wildman–Crippen LogP) is 6.69. The maximum atomic E-state index is 11.5. The van der Waals surface area contributed by atoms with Crippen molar-refractivity contribution in [1.82, 2.24) is 0 Å². The first-order chi connectivity index (χ1) is 21.5. The molecule has 5 rings (SSSR count). The van der Waals surface area contributed by atoms with E-state index in [2.05, 4.69) is 169 Å². The van der Waals surface area contributed by atoms with Gasteiger partial charge in [0.15, 0.2) is 0 Å². The van der Waals surface area contributed by atoms with Crippen molar-refractivity contribution in [2.24, 2.45) is 11.8 Å². The van der Waals surface area contributed by atoms with E-state index in [1.54, 1.807) is 0 Å². The van der Waals surface area contributed by atoms with Crippen LogP contribution in [0.4, 0.5) is 0 Å². The summed E-state index contributed by atoms with van der Waals surface area (Å²) in [6, 6.07) is 43.2. The standard InChI is InChI=1S/C40H50O3Si2/c1-39(2,3)44(33-21-11-7-12-22-33,34-23-13-8-14-24-34)42-30-32-20-19-29-38(41)37(32)31-43-45(40(4,5)6,35-25-15-9-16-26-35)36-27-17-10-18-28-36/h7-19,21-29,32,37-38,41H,20,30-31H2,1-6H3. The molecule has 0 aromatic heterocycles. The number of allylic oxidation sites excluding steroid dienone is 1. The van der Waals surface area contributed by atoms with E-state index in [0.29, 0.717) is 13.2 Å². The maximum absolute atomic E-state index is 11.5. The summed E-state index contributed by atoms with van der Waals surface area (Å²) in [5, 5.41) is 16.3. The highest BCUT2D eigenvalue weighted by Crippen LogP contribution is 2.40. The van der Waals surface area contributed by atoms with Crippen molar-refractivity contribution in [2.45, 2.75) is 64.1 Å². The Morgan fingerprint density at radius 2 is 0.889 bits per heavy atom. The van der Waals surface area contributed by atoms with E-state index in [-0.39, 0.29) is 21.9 Å². The molecule has 5 heteroatoms. The summed E-state index contributed by atoms with van der Waals surface area (Å²) in [6.07, 6.45) is 4.34. The largest absolute Gasteiger partial charge is 0.407 e. The summed E-state index contributed by atoms with van der Waals surface area (Å²) in [5.41, 5.74) is 0. The molecule has 0 bridgehead atoms. The van der Waals surface area contributed by atoms with Gasteiger partial charge in [0.1, 0.15) is 0 Å². The molecule has 0 aliphatic heterocycles. The fraction of sp³-hybridized carbons (Fsp3) is 0.350. The van der Waals surface area contributed by atoms with Crippen LogP contribution in [0.15, 0.2) is 133 Å². The van der Waals surface area contributed by atoms with Gasteiger partial charge in [-0.15, -0.1) is 0 Å². The quantitative estimate of drug-likeness (QED) is 0.156. The van der Waals surface area contributed by atoms with E-state index in [0.717, 1.165) is 6.42 Å². The first-order valence-electron chi connectivity index (χ1n) is 16.4. The Labute approximate surface area is 273 Å². The van der Waals surface area contributed by atoms with Crippen LogP contribution in [0.3, 0.4) is 0 Å². The van der Waals surface area contributed by atoms with Crippen molar-refractivity contribution in [3.63, 3.8) is 0 Å². The predicted molar refractivity (Wildman–Crippen MR) is 194 cm³/mol. The van der Waals surface area contributed by atoms with Crippen LogP contribution in [0.1, 0.15) is 48.0 Å². The first-order valence-corrected chi connectivity index (χ1v) is 20.2. The lowest BCUT2D eigenvalue weighted by molar-refractivity contribution is 0.0397. The number of benzene rings is 4. The highest BCUT2D eigenvalue weighted by Gasteiger charge is 2.52. The third-order valence-electron chi connectivity index (χ3n) is 9.66. The van der Waals surface area contributed by atoms with E-state index >= 15 is 0 Å². The molecule has 0 heterocycles. The van der Waals surface area contributed by atoms with Gasteiger partial charge in [0.25, 0.3) is 16.6 Å². The molecule has 1 aliphatic carbocycles. The lowest BCUT2D eigenvalue weighted by Crippen LogP contribution is -2.67. The lowest BCUT2D eigenvalue weighted by atomic mass is 9.82. The van der Waals surface area contributed by atoms with Crippen molar-refractivity contribution < 1.29 is 14.0 Å². The highest BCUT2D eigenvalue weighted by molar-refractivity contribution is 7.00. The van der Waals surface area contributed by atoms with Crippen LogP contribution in [0, 0.1) is 11.8 Å². The normalized spacial score (nSPS) is 19.4. The second-order valence-electron chi connectivity index (χ2n) is 14.5. The van der Waals surface area contributed by atoms with Gasteiger partial charge in [0.2, 0.25) is 0 Å². The van der Waals surface area contributed by atoms with Gasteiger partial charge in [0.05, 0.1) is 6.10 Å². The Morgan fingerprint density at radius 3 is 1.22 bits per heavy atom. The van der Waals surface area contributed by atoms with Gasteiger partial charge in [-0.25, -0.2) is 0 Å². The Morgan fingerprint density at radius 1 is 0.556 bits per heavy atom. The molecular formula is C40H50O3Si2. The van der Waals surface area contributed by atoms with E-state index in [4.69, 9.17) is 8.85 Å². The zero-order chi connectivity index (χ0) is 32.1. The van der Waals surface area contributed by atoms with Crippen molar-refractivity contribution >= 4 is 37.4 Å². The molecule has 236 valence electrons. The average Bonchev–Trinajstić information content (AvgIpc) is 3.03. The molecule has 0 saturated heterocycles. The molecule has 3 unspecified atom stereocenters. The molecule has 4 aromatic rings. The van der Waals surface area contributed by atoms with E-state index in [1.165, 1.54) is 20.7 Å². The van der Waals surface area contributed by atoms with Crippen molar-refractivity contribution in [2.75, 3.05) is 13.2 Å². The number of hydrogen-bond acceptors (Lipinski definition) is 3. The fourth-order valence-electron chi connectivity index (χ4n) is 7.39. The molecule has 1 aliphatic rings. The number of hydrogen-bond donors (Lipinski definition) is 1. The molecule has 4 aromatic carbocycles. The van der Waals surface area contributed by atoms with Crippen LogP contribution in [-0.2, 0) is 8.85 Å². The van der Waals surface area contributed by atoms with Gasteiger partial charge in [0, 0.05) is 19.1 Å². The minimum absolute atomic E-state index is 0.0881. The van der Waals surface area contributed by atoms with Gasteiger partial charge in [-0.1, -0.05) is 175 Å². The zero-order valence-electron chi connectivity index (χ0n) is 27.8. The molecule has 0 saturated carbocycles. The number of rotatable bonds is 10. The van der Waals surface area contributed by atoms with Crippen LogP contribution >= 0.6 is 0 Å². The molecule has 0 radical (unpaired) electrons. The van der Waals surface area contributed by atoms with Crippen molar-refractivity contribution in [1.29, 1.82) is 0 Å². The van der Waals surface area contributed by atoms with E-state index in [1.807, 2.05) is 6.08 Å². The molecular weight excluding hydrogens is 585 g/mol. The van der Waals surface area contributed by atoms with Gasteiger partial charge >= 0.3 is 0 Å². The minimum atomic E-state index is -2.75. The van der Waals surface area contributed by atoms with E-state index in [9.17, 15) is 5.11 Å². The summed E-state index contributed by atoms with van der Waals surface area (Å²) in [5.74, 6) is 0.0275. The van der Waals surface area contributed by atoms with Gasteiger partial charge < -0.3 is 14.0 Å². The maximum Gasteiger partial charge on any atom is 0.261 e. The molecule has 0 amide bonds. The Kier molecular flexibility index (Phi) is 10.2. The smallest absolute Gasteiger partial charge is 0.261 e. The highest BCUT2D eigenvalue weighted by atomic mass is 28.4. The second kappa shape index (κ2) is 13.7. The lowest BCUT2D eigenvalue weighted by Gasteiger charge is -2.46. The minimum Gasteiger partial charge on any atom is -0.407 e. The third kappa shape index (κ3) is 6.60. The Bertz CT molecular complexity index is 1430. The molecule has 0 fully saturated rings. The van der Waals surface area contributed by atoms with Crippen LogP contribution in [-0.4, -0.2) is 41.1 Å². The summed E-state index contributed by atoms with van der Waals surface area (Å²) in [7, 11) is -5.47. The van der Waals surface area contributed by atoms with Crippen LogP contribution in [0.2, 0.25) is 10.1 Å². The second-order valence-corrected chi connectivity index (χ2v) is 23.1. The van der Waals surface area contributed by atoms with Gasteiger partial charge in [-0.3, -0.25) is 0 Å². The van der Waals surface area contributed by atoms with E-state index < -0.39 is 22.7 Å². The molecule has 1 N–H and O–H groups in total. The monoisotopic (exact) mass is 634 g/mol. The summed E-state index contributed by atoms with van der Waals surface area (Å²) < 4.78 is 14.8. The van der Waals surface area contributed by atoms with Crippen LogP contribution < -0.4 is 20.7 Å². The molecule has 3 nitrogen and oxygen atoms in total. The average molecular weight is 635 g/mol. The molecule has 0 spiro atoms. The van der Waals surface area contributed by atoms with Crippen molar-refractivity contribution in [3.8, 4) is 0 Å². The Hall–Kier alpha value is -3.07. The van der Waals surface area contributed by atoms with Crippen molar-refractivity contribution in [3.05, 3.63) is 133 Å². The molecule has 3 atom stereocenters. The van der Waals surface area contributed by atoms with Crippen LogP contribution in [0.25, 0.3) is 0 Å². The van der Waals surface area contributed by atoms with Gasteiger partial charge in [-0.2, -0.15) is 0 Å². The first kappa shape index (κ1) is 33.3. The number of aliphatic hydroxyl groups is 1. The molecule has 45 heavy (non-hydrogen) atoms. The SMILES string of the molecule is CC(C)(C)[Si](OCC1CC=CC(O)C1CO[Si](c1ccccc1)(c1ccccc1)C(C)(C)C)(c1ccccc1)c1ccccc1. The summed E-state index contributed by atoms with van der Waals surface area (Å²) >= 11 is 0. The third-order valence-corrected chi connectivity index (χ3v) is 19.7. The Balaban J connectivity index is 1.51. The summed E-state index contributed by atoms with van der Waals surface area (Å²) in [4.78, 5) is 0. The fourth-order valence-corrected chi connectivity index (χ4v) is 16.6. The van der Waals surface area contributed by atoms with Crippen LogP contribution in [0.5, 0.6) is 0 Å². The topological polar surface area (TPSA) is 38.7 Å². The zero-order valence-corrected chi connectivity index (χ0v) is 29.8. The number of aliphatic hydroxyl groups excluding tert-OH is 1. The summed E-state index contributed by atoms with van der Waals surface area (Å²) in [6.45, 7) is 14.9. The van der Waals surface area contributed by atoms with Gasteiger partial charge in [-0.05, 0) is 43.2 Å².